The van der Waals surface area contributed by atoms with E-state index in [1.54, 1.807) is 0 Å². The molecule has 1 atom stereocenters. The predicted molar refractivity (Wildman–Crippen MR) is 67.3 cm³/mol. The van der Waals surface area contributed by atoms with Crippen molar-refractivity contribution in [3.05, 3.63) is 35.4 Å². The number of likely N-dealkylation sites (N-methyl/N-ethyl adjacent to an activating group) is 1. The Bertz CT molecular complexity index is 286. The van der Waals surface area contributed by atoms with Crippen LogP contribution < -0.4 is 0 Å². The monoisotopic (exact) mass is 271 g/mol. The first-order valence-corrected chi connectivity index (χ1v) is 6.22. The largest absolute Gasteiger partial charge is 0.391 e. The van der Waals surface area contributed by atoms with Crippen LogP contribution in [0.2, 0.25) is 0 Å². The molecule has 0 amide bonds. The highest BCUT2D eigenvalue weighted by Crippen LogP contribution is 2.06. The highest BCUT2D eigenvalue weighted by Gasteiger charge is 2.06. The number of aliphatic hydroxyl groups is 1. The summed E-state index contributed by atoms with van der Waals surface area (Å²) in [5.41, 5.74) is 2.56. The van der Waals surface area contributed by atoms with Crippen LogP contribution in [0.5, 0.6) is 0 Å². The van der Waals surface area contributed by atoms with Crippen molar-refractivity contribution in [3.63, 3.8) is 0 Å². The minimum Gasteiger partial charge on any atom is -0.391 e. The number of hydrogen-bond acceptors (Lipinski definition) is 2. The van der Waals surface area contributed by atoms with Crippen molar-refractivity contribution in [2.24, 2.45) is 0 Å². The molecule has 1 rings (SSSR count). The fraction of sp³-hybridized carbons (Fsp3) is 0.500. The topological polar surface area (TPSA) is 23.5 Å². The van der Waals surface area contributed by atoms with E-state index in [1.807, 2.05) is 7.05 Å². The molecule has 0 aliphatic carbocycles. The van der Waals surface area contributed by atoms with Gasteiger partial charge in [0.05, 0.1) is 6.10 Å². The second kappa shape index (κ2) is 6.26. The highest BCUT2D eigenvalue weighted by atomic mass is 79.9. The molecule has 0 heterocycles. The van der Waals surface area contributed by atoms with E-state index in [4.69, 9.17) is 0 Å². The van der Waals surface area contributed by atoms with Crippen LogP contribution in [0.1, 0.15) is 11.1 Å². The molecule has 1 unspecified atom stereocenters. The maximum absolute atomic E-state index is 9.46. The Labute approximate surface area is 100 Å². The lowest BCUT2D eigenvalue weighted by Crippen LogP contribution is -2.29. The average Bonchev–Trinajstić information content (AvgIpc) is 2.21. The van der Waals surface area contributed by atoms with Gasteiger partial charge in [-0.2, -0.15) is 0 Å². The molecule has 0 saturated carbocycles. The lowest BCUT2D eigenvalue weighted by atomic mass is 10.1. The summed E-state index contributed by atoms with van der Waals surface area (Å²) >= 11 is 3.26. The van der Waals surface area contributed by atoms with Gasteiger partial charge < -0.3 is 5.11 Å². The molecule has 0 aliphatic heterocycles. The second-order valence-electron chi connectivity index (χ2n) is 3.99. The summed E-state index contributed by atoms with van der Waals surface area (Å²) < 4.78 is 0. The van der Waals surface area contributed by atoms with E-state index in [1.165, 1.54) is 11.1 Å². The summed E-state index contributed by atoms with van der Waals surface area (Å²) in [6.45, 7) is 3.66. The first kappa shape index (κ1) is 12.7. The minimum absolute atomic E-state index is 0.291. The summed E-state index contributed by atoms with van der Waals surface area (Å²) in [4.78, 5) is 2.12. The standard InChI is InChI=1S/C12H18BrNO/c1-10-3-5-11(6-4-10)8-14(2)9-12(15)7-13/h3-6,12,15H,7-9H2,1-2H3. The van der Waals surface area contributed by atoms with Gasteiger partial charge in [0.2, 0.25) is 0 Å². The number of halogens is 1. The van der Waals surface area contributed by atoms with Gasteiger partial charge in [-0.25, -0.2) is 0 Å². The van der Waals surface area contributed by atoms with E-state index in [0.29, 0.717) is 11.9 Å². The summed E-state index contributed by atoms with van der Waals surface area (Å²) in [7, 11) is 2.02. The van der Waals surface area contributed by atoms with Crippen molar-refractivity contribution in [3.8, 4) is 0 Å². The molecule has 1 aromatic carbocycles. The summed E-state index contributed by atoms with van der Waals surface area (Å²) in [5, 5.41) is 10.1. The number of nitrogens with zero attached hydrogens (tertiary/aromatic N) is 1. The Balaban J connectivity index is 2.44. The van der Waals surface area contributed by atoms with Gasteiger partial charge in [0.1, 0.15) is 0 Å². The molecular weight excluding hydrogens is 254 g/mol. The Morgan fingerprint density at radius 2 is 1.93 bits per heavy atom. The number of benzene rings is 1. The predicted octanol–water partition coefficient (Wildman–Crippen LogP) is 2.18. The normalized spacial score (nSPS) is 13.1. The molecule has 15 heavy (non-hydrogen) atoms. The zero-order valence-corrected chi connectivity index (χ0v) is 10.9. The van der Waals surface area contributed by atoms with Gasteiger partial charge in [0.25, 0.3) is 0 Å². The van der Waals surface area contributed by atoms with Gasteiger partial charge in [-0.05, 0) is 19.5 Å². The maximum Gasteiger partial charge on any atom is 0.0763 e. The fourth-order valence-electron chi connectivity index (χ4n) is 1.48. The van der Waals surface area contributed by atoms with Gasteiger partial charge in [-0.3, -0.25) is 4.90 Å². The maximum atomic E-state index is 9.46. The van der Waals surface area contributed by atoms with Crippen molar-refractivity contribution in [2.45, 2.75) is 19.6 Å². The molecule has 0 radical (unpaired) electrons. The molecule has 0 spiro atoms. The summed E-state index contributed by atoms with van der Waals surface area (Å²) in [6, 6.07) is 8.49. The van der Waals surface area contributed by atoms with E-state index in [9.17, 15) is 5.11 Å². The minimum atomic E-state index is -0.291. The van der Waals surface area contributed by atoms with Crippen LogP contribution in [-0.4, -0.2) is 35.0 Å². The van der Waals surface area contributed by atoms with Crippen LogP contribution in [0.15, 0.2) is 24.3 Å². The third kappa shape index (κ3) is 4.78. The van der Waals surface area contributed by atoms with Gasteiger partial charge >= 0.3 is 0 Å². The molecule has 3 heteroatoms. The van der Waals surface area contributed by atoms with Gasteiger partial charge in [0, 0.05) is 18.4 Å². The Hall–Kier alpha value is -0.380. The molecule has 84 valence electrons. The molecule has 0 saturated heterocycles. The smallest absolute Gasteiger partial charge is 0.0763 e. The van der Waals surface area contributed by atoms with Crippen molar-refractivity contribution < 1.29 is 5.11 Å². The van der Waals surface area contributed by atoms with E-state index in [-0.39, 0.29) is 6.10 Å². The van der Waals surface area contributed by atoms with Crippen LogP contribution >= 0.6 is 15.9 Å². The van der Waals surface area contributed by atoms with Crippen LogP contribution in [-0.2, 0) is 6.54 Å². The molecule has 1 aromatic rings. The van der Waals surface area contributed by atoms with E-state index < -0.39 is 0 Å². The fourth-order valence-corrected chi connectivity index (χ4v) is 1.68. The van der Waals surface area contributed by atoms with Crippen LogP contribution in [0.4, 0.5) is 0 Å². The first-order valence-electron chi connectivity index (χ1n) is 5.10. The van der Waals surface area contributed by atoms with Gasteiger partial charge in [-0.1, -0.05) is 45.8 Å². The van der Waals surface area contributed by atoms with Crippen molar-refractivity contribution >= 4 is 15.9 Å². The second-order valence-corrected chi connectivity index (χ2v) is 4.64. The lowest BCUT2D eigenvalue weighted by molar-refractivity contribution is 0.143. The number of aryl methyl sites for hydroxylation is 1. The summed E-state index contributed by atoms with van der Waals surface area (Å²) in [5.74, 6) is 0. The van der Waals surface area contributed by atoms with Crippen molar-refractivity contribution in [1.82, 2.24) is 4.90 Å². The number of hydrogen-bond donors (Lipinski definition) is 1. The zero-order valence-electron chi connectivity index (χ0n) is 9.28. The Morgan fingerprint density at radius 1 is 1.33 bits per heavy atom. The molecule has 0 aliphatic rings. The SMILES string of the molecule is Cc1ccc(CN(C)CC(O)CBr)cc1. The number of alkyl halides is 1. The van der Waals surface area contributed by atoms with E-state index >= 15 is 0 Å². The quantitative estimate of drug-likeness (QED) is 0.830. The molecule has 0 aromatic heterocycles. The average molecular weight is 272 g/mol. The molecule has 0 fully saturated rings. The van der Waals surface area contributed by atoms with Crippen LogP contribution in [0.25, 0.3) is 0 Å². The molecule has 0 bridgehead atoms. The van der Waals surface area contributed by atoms with Crippen LogP contribution in [0.3, 0.4) is 0 Å². The van der Waals surface area contributed by atoms with Crippen LogP contribution in [0, 0.1) is 6.92 Å². The Morgan fingerprint density at radius 3 is 2.47 bits per heavy atom. The number of aliphatic hydroxyl groups excluding tert-OH is 1. The zero-order chi connectivity index (χ0) is 11.3. The van der Waals surface area contributed by atoms with Gasteiger partial charge in [0.15, 0.2) is 0 Å². The third-order valence-electron chi connectivity index (χ3n) is 2.27. The summed E-state index contributed by atoms with van der Waals surface area (Å²) in [6.07, 6.45) is -0.291. The molecule has 2 nitrogen and oxygen atoms in total. The van der Waals surface area contributed by atoms with Crippen molar-refractivity contribution in [2.75, 3.05) is 18.9 Å². The van der Waals surface area contributed by atoms with E-state index in [0.717, 1.165) is 6.54 Å². The Kier molecular flexibility index (Phi) is 5.29. The van der Waals surface area contributed by atoms with E-state index in [2.05, 4.69) is 52.0 Å². The lowest BCUT2D eigenvalue weighted by Gasteiger charge is -2.19. The van der Waals surface area contributed by atoms with Crippen molar-refractivity contribution in [1.29, 1.82) is 0 Å². The first-order chi connectivity index (χ1) is 7.11. The third-order valence-corrected chi connectivity index (χ3v) is 3.02. The van der Waals surface area contributed by atoms with Gasteiger partial charge in [-0.15, -0.1) is 0 Å². The molecular formula is C12H18BrNO. The molecule has 1 N–H and O–H groups in total. The number of rotatable bonds is 5. The highest BCUT2D eigenvalue weighted by molar-refractivity contribution is 9.09.